The summed E-state index contributed by atoms with van der Waals surface area (Å²) in [7, 11) is 0. The van der Waals surface area contributed by atoms with Crippen LogP contribution in [-0.4, -0.2) is 57.3 Å². The van der Waals surface area contributed by atoms with Gasteiger partial charge in [0.05, 0.1) is 15.9 Å². The number of nitrogens with zero attached hydrogens (tertiary/aromatic N) is 2. The van der Waals surface area contributed by atoms with Crippen molar-refractivity contribution in [2.45, 2.75) is 73.6 Å². The van der Waals surface area contributed by atoms with Gasteiger partial charge < -0.3 is 9.84 Å². The normalized spacial score (nSPS) is 16.4. The van der Waals surface area contributed by atoms with E-state index in [1.54, 1.807) is 0 Å². The van der Waals surface area contributed by atoms with E-state index in [-0.39, 0.29) is 37.8 Å². The number of hydrogen-bond acceptors (Lipinski definition) is 6. The molecule has 0 bridgehead atoms. The van der Waals surface area contributed by atoms with Crippen molar-refractivity contribution in [2.24, 2.45) is 0 Å². The van der Waals surface area contributed by atoms with Crippen LogP contribution in [0.1, 0.15) is 49.1 Å². The van der Waals surface area contributed by atoms with Crippen LogP contribution in [0.5, 0.6) is 0 Å². The van der Waals surface area contributed by atoms with Crippen molar-refractivity contribution in [3.05, 3.63) is 43.5 Å². The van der Waals surface area contributed by atoms with Gasteiger partial charge in [0.1, 0.15) is 5.56 Å². The van der Waals surface area contributed by atoms with Crippen molar-refractivity contribution in [1.29, 1.82) is 0 Å². The van der Waals surface area contributed by atoms with E-state index in [9.17, 15) is 68.9 Å². The van der Waals surface area contributed by atoms with E-state index in [1.807, 2.05) is 0 Å². The summed E-state index contributed by atoms with van der Waals surface area (Å²) in [5.74, 6) is -46.8. The number of rotatable bonds is 11. The molecule has 21 heteroatoms. The van der Waals surface area contributed by atoms with Crippen LogP contribution in [-0.2, 0) is 10.7 Å². The summed E-state index contributed by atoms with van der Waals surface area (Å²) in [6, 6.07) is -0.307. The number of halogens is 12. The maximum atomic E-state index is 15.3. The summed E-state index contributed by atoms with van der Waals surface area (Å²) < 4.78 is 176. The van der Waals surface area contributed by atoms with Crippen LogP contribution in [0, 0.1) is 20.2 Å². The first-order valence-corrected chi connectivity index (χ1v) is 11.0. The Balaban J connectivity index is 2.84. The van der Waals surface area contributed by atoms with Crippen molar-refractivity contribution in [3.63, 3.8) is 0 Å². The molecular formula is C20H16F12N2O7. The Labute approximate surface area is 219 Å². The molecule has 0 aliphatic heterocycles. The maximum absolute atomic E-state index is 15.3. The van der Waals surface area contributed by atoms with E-state index < -0.39 is 86.6 Å². The minimum absolute atomic E-state index is 0.0740. The lowest BCUT2D eigenvalue weighted by Gasteiger charge is -2.41. The number of alkyl halides is 12. The Morgan fingerprint density at radius 3 is 1.73 bits per heavy atom. The zero-order chi connectivity index (χ0) is 32.0. The van der Waals surface area contributed by atoms with Crippen molar-refractivity contribution in [1.82, 2.24) is 0 Å². The molecule has 0 atom stereocenters. The van der Waals surface area contributed by atoms with Gasteiger partial charge in [-0.1, -0.05) is 19.3 Å². The molecule has 1 aromatic carbocycles. The van der Waals surface area contributed by atoms with Gasteiger partial charge in [0.15, 0.2) is 6.61 Å². The maximum Gasteiger partial charge on any atom is 0.505 e. The van der Waals surface area contributed by atoms with Gasteiger partial charge in [-0.15, -0.1) is 0 Å². The van der Waals surface area contributed by atoms with Crippen LogP contribution in [0.2, 0.25) is 0 Å². The molecule has 0 saturated heterocycles. The molecule has 0 spiro atoms. The zero-order valence-electron chi connectivity index (χ0n) is 19.8. The summed E-state index contributed by atoms with van der Waals surface area (Å²) >= 11 is 0. The van der Waals surface area contributed by atoms with Gasteiger partial charge in [-0.2, -0.15) is 52.7 Å². The molecule has 232 valence electrons. The Bertz CT molecular complexity index is 1200. The number of nitro groups is 2. The molecule has 0 unspecified atom stereocenters. The molecule has 0 radical (unpaired) electrons. The monoisotopic (exact) mass is 624 g/mol. The second-order valence-electron chi connectivity index (χ2n) is 8.91. The van der Waals surface area contributed by atoms with Crippen molar-refractivity contribution in [2.75, 3.05) is 6.61 Å². The molecule has 0 heterocycles. The second kappa shape index (κ2) is 10.7. The molecule has 1 saturated carbocycles. The van der Waals surface area contributed by atoms with Crippen molar-refractivity contribution >= 4 is 17.5 Å². The molecule has 41 heavy (non-hydrogen) atoms. The summed E-state index contributed by atoms with van der Waals surface area (Å²) in [5.41, 5.74) is -7.87. The summed E-state index contributed by atoms with van der Waals surface area (Å²) in [4.78, 5) is 29.4. The molecule has 0 amide bonds. The standard InChI is InChI=1S/C20H16F12N2O7/c21-15(22,8-41-14(35)36)17(25,26)19(29,30)20(31,32)18(27,28)16(23,24)13-11(9-4-2-1-3-5-9)6-10(33(37)38)7-12(13)34(39)40/h6-7,9H,1-5,8H2,(H,35,36). The largest absolute Gasteiger partial charge is 0.505 e. The highest BCUT2D eigenvalue weighted by molar-refractivity contribution is 5.58. The molecule has 0 aromatic heterocycles. The lowest BCUT2D eigenvalue weighted by Crippen LogP contribution is -2.70. The molecular weight excluding hydrogens is 608 g/mol. The average Bonchev–Trinajstić information content (AvgIpc) is 2.86. The molecule has 1 aliphatic carbocycles. The minimum Gasteiger partial charge on any atom is -0.450 e. The lowest BCUT2D eigenvalue weighted by molar-refractivity contribution is -0.431. The number of nitro benzene ring substituents is 2. The van der Waals surface area contributed by atoms with Crippen molar-refractivity contribution in [3.8, 4) is 0 Å². The summed E-state index contributed by atoms with van der Waals surface area (Å²) in [5, 5.41) is 30.7. The first kappa shape index (κ1) is 33.7. The quantitative estimate of drug-likeness (QED) is 0.117. The Morgan fingerprint density at radius 2 is 1.29 bits per heavy atom. The Kier molecular flexibility index (Phi) is 8.78. The van der Waals surface area contributed by atoms with Gasteiger partial charge in [-0.05, 0) is 24.3 Å². The average molecular weight is 624 g/mol. The van der Waals surface area contributed by atoms with Crippen LogP contribution < -0.4 is 0 Å². The number of carboxylic acid groups (broad SMARTS) is 1. The highest BCUT2D eigenvalue weighted by Crippen LogP contribution is 2.63. The molecule has 1 aliphatic rings. The fourth-order valence-electron chi connectivity index (χ4n) is 4.18. The third kappa shape index (κ3) is 5.41. The predicted octanol–water partition coefficient (Wildman–Crippen LogP) is 7.51. The second-order valence-corrected chi connectivity index (χ2v) is 8.91. The highest BCUT2D eigenvalue weighted by atomic mass is 19.4. The number of hydrogen-bond donors (Lipinski definition) is 1. The predicted molar refractivity (Wildman–Crippen MR) is 108 cm³/mol. The SMILES string of the molecule is O=C(O)OCC(F)(F)C(F)(F)C(F)(F)C(F)(F)C(F)(F)C(F)(F)c1c(C2CCCCC2)cc([N+](=O)[O-])cc1[N+](=O)[O-]. The first-order chi connectivity index (χ1) is 18.4. The number of ether oxygens (including phenoxy) is 1. The van der Waals surface area contributed by atoms with Crippen LogP contribution in [0.4, 0.5) is 68.9 Å². The van der Waals surface area contributed by atoms with E-state index in [0.29, 0.717) is 6.42 Å². The lowest BCUT2D eigenvalue weighted by atomic mass is 9.78. The van der Waals surface area contributed by atoms with Crippen LogP contribution in [0.15, 0.2) is 12.1 Å². The Morgan fingerprint density at radius 1 is 0.805 bits per heavy atom. The number of benzene rings is 1. The van der Waals surface area contributed by atoms with Gasteiger partial charge in [0.2, 0.25) is 0 Å². The highest BCUT2D eigenvalue weighted by Gasteiger charge is 2.90. The Hall–Kier alpha value is -3.55. The molecule has 1 N–H and O–H groups in total. The molecule has 2 rings (SSSR count). The molecule has 9 nitrogen and oxygen atoms in total. The summed E-state index contributed by atoms with van der Waals surface area (Å²) in [6.45, 7) is -3.30. The number of carbonyl (C=O) groups is 1. The van der Waals surface area contributed by atoms with Crippen molar-refractivity contribution < 1.29 is 77.2 Å². The molecule has 1 fully saturated rings. The van der Waals surface area contributed by atoms with Gasteiger partial charge >= 0.3 is 41.7 Å². The first-order valence-electron chi connectivity index (χ1n) is 11.0. The van der Waals surface area contributed by atoms with E-state index >= 15 is 8.78 Å². The van der Waals surface area contributed by atoms with Crippen LogP contribution >= 0.6 is 0 Å². The van der Waals surface area contributed by atoms with E-state index in [2.05, 4.69) is 4.74 Å². The molecule has 1 aromatic rings. The third-order valence-corrected chi connectivity index (χ3v) is 6.31. The fourth-order valence-corrected chi connectivity index (χ4v) is 4.18. The summed E-state index contributed by atoms with van der Waals surface area (Å²) in [6.07, 6.45) is -2.80. The van der Waals surface area contributed by atoms with Crippen LogP contribution in [0.25, 0.3) is 0 Å². The van der Waals surface area contributed by atoms with Crippen LogP contribution in [0.3, 0.4) is 0 Å². The van der Waals surface area contributed by atoms with E-state index in [4.69, 9.17) is 5.11 Å². The zero-order valence-corrected chi connectivity index (χ0v) is 19.8. The van der Waals surface area contributed by atoms with E-state index in [1.165, 1.54) is 0 Å². The van der Waals surface area contributed by atoms with Gasteiger partial charge in [0.25, 0.3) is 11.4 Å². The third-order valence-electron chi connectivity index (χ3n) is 6.31. The van der Waals surface area contributed by atoms with Gasteiger partial charge in [0, 0.05) is 6.07 Å². The van der Waals surface area contributed by atoms with Gasteiger partial charge in [-0.3, -0.25) is 20.2 Å². The number of non-ortho nitro benzene ring substituents is 1. The smallest absolute Gasteiger partial charge is 0.450 e. The fraction of sp³-hybridized carbons (Fsp3) is 0.650. The minimum atomic E-state index is -8.14. The van der Waals surface area contributed by atoms with E-state index in [0.717, 1.165) is 0 Å². The van der Waals surface area contributed by atoms with Gasteiger partial charge in [-0.25, -0.2) is 4.79 Å². The topological polar surface area (TPSA) is 133 Å².